The van der Waals surface area contributed by atoms with Crippen molar-refractivity contribution in [2.45, 2.75) is 31.5 Å². The summed E-state index contributed by atoms with van der Waals surface area (Å²) < 4.78 is 63.5. The van der Waals surface area contributed by atoms with Crippen molar-refractivity contribution < 1.29 is 21.6 Å². The van der Waals surface area contributed by atoms with Crippen LogP contribution in [0.15, 0.2) is 24.3 Å². The molecule has 1 aliphatic heterocycles. The van der Waals surface area contributed by atoms with Gasteiger partial charge in [-0.3, -0.25) is 4.72 Å². The fourth-order valence-electron chi connectivity index (χ4n) is 2.28. The highest BCUT2D eigenvalue weighted by Gasteiger charge is 2.30. The molecule has 1 aromatic carbocycles. The van der Waals surface area contributed by atoms with Crippen molar-refractivity contribution in [1.82, 2.24) is 5.32 Å². The van der Waals surface area contributed by atoms with Crippen LogP contribution >= 0.6 is 0 Å². The van der Waals surface area contributed by atoms with Gasteiger partial charge in [-0.1, -0.05) is 6.42 Å². The molecular formula is C13H17F3N2O2S. The van der Waals surface area contributed by atoms with Crippen molar-refractivity contribution in [1.29, 1.82) is 0 Å². The lowest BCUT2D eigenvalue weighted by atomic mass is 10.1. The molecule has 0 aromatic heterocycles. The molecule has 0 bridgehead atoms. The van der Waals surface area contributed by atoms with Crippen LogP contribution < -0.4 is 10.0 Å². The van der Waals surface area contributed by atoms with E-state index in [1.807, 2.05) is 0 Å². The van der Waals surface area contributed by atoms with Gasteiger partial charge in [-0.15, -0.1) is 0 Å². The smallest absolute Gasteiger partial charge is 0.313 e. The number of sulfonamides is 1. The maximum absolute atomic E-state index is 12.4. The molecule has 1 heterocycles. The second-order valence-corrected chi connectivity index (χ2v) is 6.87. The van der Waals surface area contributed by atoms with Crippen molar-refractivity contribution in [2.75, 3.05) is 17.0 Å². The van der Waals surface area contributed by atoms with Gasteiger partial charge in [-0.25, -0.2) is 8.42 Å². The van der Waals surface area contributed by atoms with Crippen molar-refractivity contribution in [2.24, 2.45) is 0 Å². The largest absolute Gasteiger partial charge is 0.416 e. The average molecular weight is 322 g/mol. The van der Waals surface area contributed by atoms with Gasteiger partial charge in [0.2, 0.25) is 10.0 Å². The Morgan fingerprint density at radius 2 is 1.86 bits per heavy atom. The van der Waals surface area contributed by atoms with Crippen LogP contribution in [0.5, 0.6) is 0 Å². The summed E-state index contributed by atoms with van der Waals surface area (Å²) in [5, 5.41) is 3.12. The highest BCUT2D eigenvalue weighted by Crippen LogP contribution is 2.30. The molecule has 8 heteroatoms. The van der Waals surface area contributed by atoms with Crippen molar-refractivity contribution >= 4 is 15.7 Å². The molecular weight excluding hydrogens is 305 g/mol. The van der Waals surface area contributed by atoms with Gasteiger partial charge < -0.3 is 5.32 Å². The first-order valence-electron chi connectivity index (χ1n) is 6.67. The Morgan fingerprint density at radius 1 is 1.19 bits per heavy atom. The maximum Gasteiger partial charge on any atom is 0.416 e. The highest BCUT2D eigenvalue weighted by molar-refractivity contribution is 7.92. The van der Waals surface area contributed by atoms with Gasteiger partial charge in [-0.2, -0.15) is 13.2 Å². The molecule has 0 spiro atoms. The zero-order chi connectivity index (χ0) is 15.5. The first-order chi connectivity index (χ1) is 9.76. The minimum absolute atomic E-state index is 0.0754. The lowest BCUT2D eigenvalue weighted by molar-refractivity contribution is -0.137. The second-order valence-electron chi connectivity index (χ2n) is 5.11. The molecule has 0 amide bonds. The Balaban J connectivity index is 1.99. The van der Waals surface area contributed by atoms with E-state index in [-0.39, 0.29) is 17.5 Å². The third-order valence-electron chi connectivity index (χ3n) is 3.32. The molecule has 1 aromatic rings. The summed E-state index contributed by atoms with van der Waals surface area (Å²) in [6.07, 6.45) is -1.63. The summed E-state index contributed by atoms with van der Waals surface area (Å²) in [6, 6.07) is 3.85. The van der Waals surface area contributed by atoms with Crippen molar-refractivity contribution in [3.05, 3.63) is 29.8 Å². The van der Waals surface area contributed by atoms with Crippen molar-refractivity contribution in [3.8, 4) is 0 Å². The van der Waals surface area contributed by atoms with E-state index in [9.17, 15) is 21.6 Å². The van der Waals surface area contributed by atoms with Crippen LogP contribution in [0.4, 0.5) is 18.9 Å². The Hall–Kier alpha value is -1.28. The van der Waals surface area contributed by atoms with Crippen LogP contribution in [0.25, 0.3) is 0 Å². The molecule has 0 aliphatic carbocycles. The normalized spacial score (nSPS) is 20.2. The van der Waals surface area contributed by atoms with Gasteiger partial charge in [0.25, 0.3) is 0 Å². The Labute approximate surface area is 121 Å². The molecule has 2 N–H and O–H groups in total. The van der Waals surface area contributed by atoms with Crippen LogP contribution in [0.2, 0.25) is 0 Å². The fourth-order valence-corrected chi connectivity index (χ4v) is 3.67. The van der Waals surface area contributed by atoms with Gasteiger partial charge in [0, 0.05) is 11.7 Å². The SMILES string of the molecule is O=S(=O)(CC1CCCCN1)Nc1ccc(C(F)(F)F)cc1. The predicted molar refractivity (Wildman–Crippen MR) is 74.5 cm³/mol. The van der Waals surface area contributed by atoms with E-state index < -0.39 is 21.8 Å². The number of hydrogen-bond donors (Lipinski definition) is 2. The van der Waals surface area contributed by atoms with Gasteiger partial charge in [0.1, 0.15) is 0 Å². The Morgan fingerprint density at radius 3 is 2.38 bits per heavy atom. The summed E-state index contributed by atoms with van der Waals surface area (Å²) in [5.41, 5.74) is -0.668. The van der Waals surface area contributed by atoms with Gasteiger partial charge in [0.15, 0.2) is 0 Å². The molecule has 0 radical (unpaired) electrons. The number of hydrogen-bond acceptors (Lipinski definition) is 3. The van der Waals surface area contributed by atoms with Crippen LogP contribution in [0.1, 0.15) is 24.8 Å². The minimum Gasteiger partial charge on any atom is -0.313 e. The molecule has 1 atom stereocenters. The average Bonchev–Trinajstić information content (AvgIpc) is 2.38. The van der Waals surface area contributed by atoms with Crippen LogP contribution in [-0.2, 0) is 16.2 Å². The topological polar surface area (TPSA) is 58.2 Å². The van der Waals surface area contributed by atoms with E-state index in [1.54, 1.807) is 0 Å². The molecule has 118 valence electrons. The first-order valence-corrected chi connectivity index (χ1v) is 8.33. The zero-order valence-corrected chi connectivity index (χ0v) is 12.1. The summed E-state index contributed by atoms with van der Waals surface area (Å²) in [7, 11) is -3.58. The number of anilines is 1. The van der Waals surface area contributed by atoms with E-state index in [4.69, 9.17) is 0 Å². The monoisotopic (exact) mass is 322 g/mol. The van der Waals surface area contributed by atoms with Gasteiger partial charge in [-0.05, 0) is 43.7 Å². The fraction of sp³-hybridized carbons (Fsp3) is 0.538. The molecule has 4 nitrogen and oxygen atoms in total. The molecule has 1 saturated heterocycles. The highest BCUT2D eigenvalue weighted by atomic mass is 32.2. The molecule has 1 aliphatic rings. The summed E-state index contributed by atoms with van der Waals surface area (Å²) in [6.45, 7) is 0.792. The number of nitrogens with one attached hydrogen (secondary N) is 2. The van der Waals surface area contributed by atoms with Gasteiger partial charge in [0.05, 0.1) is 11.3 Å². The maximum atomic E-state index is 12.4. The molecule has 21 heavy (non-hydrogen) atoms. The molecule has 1 fully saturated rings. The lowest BCUT2D eigenvalue weighted by Gasteiger charge is -2.23. The second kappa shape index (κ2) is 6.23. The number of benzene rings is 1. The van der Waals surface area contributed by atoms with Gasteiger partial charge >= 0.3 is 6.18 Å². The quantitative estimate of drug-likeness (QED) is 0.896. The standard InChI is InChI=1S/C13H17F3N2O2S/c14-13(15,16)10-4-6-11(7-5-10)18-21(19,20)9-12-3-1-2-8-17-12/h4-7,12,17-18H,1-3,8-9H2. The predicted octanol–water partition coefficient (Wildman–Crippen LogP) is 2.59. The molecule has 2 rings (SSSR count). The first kappa shape index (κ1) is 16.1. The number of halogens is 3. The third-order valence-corrected chi connectivity index (χ3v) is 4.71. The van der Waals surface area contributed by atoms with E-state index in [0.29, 0.717) is 0 Å². The minimum atomic E-state index is -4.43. The summed E-state index contributed by atoms with van der Waals surface area (Å²) in [5.74, 6) is -0.0754. The van der Waals surface area contributed by atoms with Crippen LogP contribution in [0, 0.1) is 0 Å². The Kier molecular flexibility index (Phi) is 4.77. The third kappa shape index (κ3) is 4.89. The number of piperidine rings is 1. The van der Waals surface area contributed by atoms with Crippen LogP contribution in [0.3, 0.4) is 0 Å². The van der Waals surface area contributed by atoms with E-state index >= 15 is 0 Å². The summed E-state index contributed by atoms with van der Waals surface area (Å²) >= 11 is 0. The Bertz CT molecular complexity index is 564. The number of alkyl halides is 3. The lowest BCUT2D eigenvalue weighted by Crippen LogP contribution is -2.40. The number of rotatable bonds is 4. The molecule has 0 saturated carbocycles. The van der Waals surface area contributed by atoms with E-state index in [2.05, 4.69) is 10.0 Å². The summed E-state index contributed by atoms with van der Waals surface area (Å²) in [4.78, 5) is 0. The van der Waals surface area contributed by atoms with Crippen molar-refractivity contribution in [3.63, 3.8) is 0 Å². The van der Waals surface area contributed by atoms with E-state index in [1.165, 1.54) is 0 Å². The van der Waals surface area contributed by atoms with E-state index in [0.717, 1.165) is 50.1 Å². The molecule has 1 unspecified atom stereocenters. The van der Waals surface area contributed by atoms with Crippen LogP contribution in [-0.4, -0.2) is 26.8 Å². The zero-order valence-electron chi connectivity index (χ0n) is 11.3.